The van der Waals surface area contributed by atoms with Gasteiger partial charge in [0, 0.05) is 10.9 Å². The standard InChI is InChI=1S/C23H24BrNO3/c1-3-5-10-22(26)20(23(27)28-4-2)13-17-12-11-16(14-21(17)24)19-9-7-6-8-18(19)15-25/h6-9,11-12,14,20H,3-5,10,13H2,1-2H3. The Labute approximate surface area is 174 Å². The number of ketones is 1. The smallest absolute Gasteiger partial charge is 0.316 e. The van der Waals surface area contributed by atoms with E-state index in [-0.39, 0.29) is 12.4 Å². The van der Waals surface area contributed by atoms with E-state index in [1.807, 2.05) is 43.3 Å². The van der Waals surface area contributed by atoms with E-state index in [2.05, 4.69) is 22.0 Å². The maximum absolute atomic E-state index is 12.6. The largest absolute Gasteiger partial charge is 0.465 e. The van der Waals surface area contributed by atoms with Gasteiger partial charge in [-0.1, -0.05) is 59.6 Å². The Morgan fingerprint density at radius 1 is 1.18 bits per heavy atom. The minimum atomic E-state index is -0.792. The van der Waals surface area contributed by atoms with Crippen molar-refractivity contribution in [3.63, 3.8) is 0 Å². The number of hydrogen-bond acceptors (Lipinski definition) is 4. The molecule has 0 aliphatic rings. The highest BCUT2D eigenvalue weighted by atomic mass is 79.9. The molecule has 2 aromatic carbocycles. The first-order valence-corrected chi connectivity index (χ1v) is 10.3. The summed E-state index contributed by atoms with van der Waals surface area (Å²) >= 11 is 3.56. The second kappa shape index (κ2) is 10.8. The predicted octanol–water partition coefficient (Wildman–Crippen LogP) is 5.47. The van der Waals surface area contributed by atoms with Crippen molar-refractivity contribution >= 4 is 27.7 Å². The number of carbonyl (C=O) groups is 2. The highest BCUT2D eigenvalue weighted by Gasteiger charge is 2.28. The van der Waals surface area contributed by atoms with Gasteiger partial charge in [-0.25, -0.2) is 0 Å². The molecule has 1 atom stereocenters. The van der Waals surface area contributed by atoms with Crippen molar-refractivity contribution in [1.82, 2.24) is 0 Å². The summed E-state index contributed by atoms with van der Waals surface area (Å²) in [4.78, 5) is 24.9. The molecule has 0 amide bonds. The molecule has 0 aliphatic carbocycles. The van der Waals surface area contributed by atoms with E-state index in [1.165, 1.54) is 0 Å². The van der Waals surface area contributed by atoms with Gasteiger partial charge >= 0.3 is 5.97 Å². The Morgan fingerprint density at radius 3 is 2.57 bits per heavy atom. The summed E-state index contributed by atoms with van der Waals surface area (Å²) in [6.45, 7) is 4.01. The molecule has 0 aliphatic heterocycles. The molecule has 28 heavy (non-hydrogen) atoms. The van der Waals surface area contributed by atoms with Crippen LogP contribution in [0.1, 0.15) is 44.2 Å². The molecule has 2 aromatic rings. The van der Waals surface area contributed by atoms with E-state index in [0.29, 0.717) is 18.4 Å². The fourth-order valence-corrected chi connectivity index (χ4v) is 3.57. The number of esters is 1. The summed E-state index contributed by atoms with van der Waals surface area (Å²) < 4.78 is 5.93. The van der Waals surface area contributed by atoms with Gasteiger partial charge in [0.1, 0.15) is 11.7 Å². The van der Waals surface area contributed by atoms with Crippen LogP contribution >= 0.6 is 15.9 Å². The number of Topliss-reactive ketones (excluding diaryl/α,β-unsaturated/α-hetero) is 1. The Morgan fingerprint density at radius 2 is 1.93 bits per heavy atom. The minimum Gasteiger partial charge on any atom is -0.465 e. The molecule has 1 unspecified atom stereocenters. The lowest BCUT2D eigenvalue weighted by atomic mass is 9.91. The van der Waals surface area contributed by atoms with Crippen LogP contribution in [0.2, 0.25) is 0 Å². The Kier molecular flexibility index (Phi) is 8.41. The van der Waals surface area contributed by atoms with Gasteiger partial charge < -0.3 is 4.74 Å². The summed E-state index contributed by atoms with van der Waals surface area (Å²) in [7, 11) is 0. The zero-order valence-electron chi connectivity index (χ0n) is 16.2. The first-order chi connectivity index (χ1) is 13.5. The molecule has 0 heterocycles. The van der Waals surface area contributed by atoms with Crippen molar-refractivity contribution in [2.24, 2.45) is 5.92 Å². The van der Waals surface area contributed by atoms with E-state index < -0.39 is 11.9 Å². The maximum atomic E-state index is 12.6. The Hall–Kier alpha value is -2.45. The second-order valence-electron chi connectivity index (χ2n) is 6.54. The lowest BCUT2D eigenvalue weighted by Gasteiger charge is -2.16. The fraction of sp³-hybridized carbons (Fsp3) is 0.348. The molecule has 0 saturated carbocycles. The lowest BCUT2D eigenvalue weighted by Crippen LogP contribution is -2.28. The van der Waals surface area contributed by atoms with E-state index >= 15 is 0 Å². The van der Waals surface area contributed by atoms with Gasteiger partial charge in [-0.05, 0) is 48.6 Å². The van der Waals surface area contributed by atoms with Gasteiger partial charge in [-0.3, -0.25) is 9.59 Å². The molecule has 4 nitrogen and oxygen atoms in total. The first-order valence-electron chi connectivity index (χ1n) is 9.49. The highest BCUT2D eigenvalue weighted by molar-refractivity contribution is 9.10. The zero-order valence-corrected chi connectivity index (χ0v) is 17.8. The van der Waals surface area contributed by atoms with Crippen LogP contribution in [0.3, 0.4) is 0 Å². The number of halogens is 1. The average molecular weight is 442 g/mol. The number of unbranched alkanes of at least 4 members (excludes halogenated alkanes) is 1. The quantitative estimate of drug-likeness (QED) is 0.382. The molecule has 0 spiro atoms. The number of rotatable bonds is 9. The summed E-state index contributed by atoms with van der Waals surface area (Å²) in [6, 6.07) is 15.3. The number of nitriles is 1. The number of carbonyl (C=O) groups excluding carboxylic acids is 2. The van der Waals surface area contributed by atoms with Crippen molar-refractivity contribution in [3.05, 3.63) is 58.1 Å². The van der Waals surface area contributed by atoms with E-state index in [4.69, 9.17) is 4.74 Å². The van der Waals surface area contributed by atoms with Crippen LogP contribution in [0.15, 0.2) is 46.9 Å². The number of ether oxygens (including phenoxy) is 1. The van der Waals surface area contributed by atoms with Crippen LogP contribution in [-0.2, 0) is 20.7 Å². The molecule has 146 valence electrons. The van der Waals surface area contributed by atoms with Crippen LogP contribution in [0.4, 0.5) is 0 Å². The predicted molar refractivity (Wildman–Crippen MR) is 113 cm³/mol. The minimum absolute atomic E-state index is 0.0777. The molecule has 0 N–H and O–H groups in total. The lowest BCUT2D eigenvalue weighted by molar-refractivity contribution is -0.151. The first kappa shape index (κ1) is 21.8. The third-order valence-electron chi connectivity index (χ3n) is 4.57. The topological polar surface area (TPSA) is 67.2 Å². The van der Waals surface area contributed by atoms with E-state index in [9.17, 15) is 14.9 Å². The summed E-state index contributed by atoms with van der Waals surface area (Å²) in [6.07, 6.45) is 2.34. The van der Waals surface area contributed by atoms with Gasteiger partial charge in [0.05, 0.1) is 18.2 Å². The van der Waals surface area contributed by atoms with Gasteiger partial charge in [0.15, 0.2) is 0 Å². The molecule has 0 radical (unpaired) electrons. The van der Waals surface area contributed by atoms with Crippen molar-refractivity contribution in [3.8, 4) is 17.2 Å². The zero-order chi connectivity index (χ0) is 20.5. The SMILES string of the molecule is CCCCC(=O)C(Cc1ccc(-c2ccccc2C#N)cc1Br)C(=O)OCC. The van der Waals surface area contributed by atoms with Crippen LogP contribution in [0.5, 0.6) is 0 Å². The van der Waals surface area contributed by atoms with Crippen molar-refractivity contribution in [2.75, 3.05) is 6.61 Å². The highest BCUT2D eigenvalue weighted by Crippen LogP contribution is 2.30. The van der Waals surface area contributed by atoms with E-state index in [1.54, 1.807) is 13.0 Å². The maximum Gasteiger partial charge on any atom is 0.316 e. The molecule has 0 fully saturated rings. The number of hydrogen-bond donors (Lipinski definition) is 0. The number of nitrogens with zero attached hydrogens (tertiary/aromatic N) is 1. The molecule has 0 saturated heterocycles. The molecule has 5 heteroatoms. The van der Waals surface area contributed by atoms with Gasteiger partial charge in [-0.15, -0.1) is 0 Å². The van der Waals surface area contributed by atoms with E-state index in [0.717, 1.165) is 34.0 Å². The van der Waals surface area contributed by atoms with Crippen LogP contribution in [0, 0.1) is 17.2 Å². The summed E-state index contributed by atoms with van der Waals surface area (Å²) in [5.41, 5.74) is 3.21. The monoisotopic (exact) mass is 441 g/mol. The van der Waals surface area contributed by atoms with Gasteiger partial charge in [-0.2, -0.15) is 5.26 Å². The third-order valence-corrected chi connectivity index (χ3v) is 5.31. The Bertz CT molecular complexity index is 886. The normalized spacial score (nSPS) is 11.5. The van der Waals surface area contributed by atoms with Crippen LogP contribution < -0.4 is 0 Å². The molecular weight excluding hydrogens is 418 g/mol. The van der Waals surface area contributed by atoms with Gasteiger partial charge in [0.2, 0.25) is 0 Å². The average Bonchev–Trinajstić information content (AvgIpc) is 2.71. The summed E-state index contributed by atoms with van der Waals surface area (Å²) in [5.74, 6) is -1.33. The third kappa shape index (κ3) is 5.53. The molecule has 0 aromatic heterocycles. The fourth-order valence-electron chi connectivity index (χ4n) is 3.03. The Balaban J connectivity index is 2.29. The van der Waals surface area contributed by atoms with Crippen molar-refractivity contribution < 1.29 is 14.3 Å². The van der Waals surface area contributed by atoms with Crippen LogP contribution in [0.25, 0.3) is 11.1 Å². The van der Waals surface area contributed by atoms with Crippen molar-refractivity contribution in [1.29, 1.82) is 5.26 Å². The van der Waals surface area contributed by atoms with Gasteiger partial charge in [0.25, 0.3) is 0 Å². The second-order valence-corrected chi connectivity index (χ2v) is 7.40. The molecular formula is C23H24BrNO3. The molecule has 0 bridgehead atoms. The molecule has 2 rings (SSSR count). The number of benzene rings is 2. The van der Waals surface area contributed by atoms with Crippen LogP contribution in [-0.4, -0.2) is 18.4 Å². The summed E-state index contributed by atoms with van der Waals surface area (Å²) in [5, 5.41) is 9.32. The van der Waals surface area contributed by atoms with Crippen molar-refractivity contribution in [2.45, 2.75) is 39.5 Å².